The molecule has 1 atom stereocenters. The van der Waals surface area contributed by atoms with Gasteiger partial charge >= 0.3 is 0 Å². The van der Waals surface area contributed by atoms with Crippen LogP contribution in [0.3, 0.4) is 0 Å². The topological polar surface area (TPSA) is 66.5 Å². The molecule has 1 aliphatic rings. The number of amides is 1. The maximum absolute atomic E-state index is 12.9. The van der Waals surface area contributed by atoms with Crippen molar-refractivity contribution in [2.24, 2.45) is 0 Å². The molecule has 21 heavy (non-hydrogen) atoms. The summed E-state index contributed by atoms with van der Waals surface area (Å²) in [6.45, 7) is 2.24. The van der Waals surface area contributed by atoms with Gasteiger partial charge in [-0.2, -0.15) is 4.31 Å². The summed E-state index contributed by atoms with van der Waals surface area (Å²) >= 11 is 0. The lowest BCUT2D eigenvalue weighted by atomic mass is 10.1. The van der Waals surface area contributed by atoms with Gasteiger partial charge < -0.3 is 5.32 Å². The monoisotopic (exact) mass is 304 g/mol. The van der Waals surface area contributed by atoms with Gasteiger partial charge in [0, 0.05) is 18.5 Å². The maximum atomic E-state index is 12.9. The molecule has 1 N–H and O–H groups in total. The molecule has 1 fully saturated rings. The highest BCUT2D eigenvalue weighted by molar-refractivity contribution is 7.89. The molecule has 5 nitrogen and oxygen atoms in total. The largest absolute Gasteiger partial charge is 0.353 e. The van der Waals surface area contributed by atoms with Crippen LogP contribution in [0.4, 0.5) is 0 Å². The first-order chi connectivity index (χ1) is 10.0. The molecule has 2 aromatic rings. The van der Waals surface area contributed by atoms with Gasteiger partial charge in [-0.05, 0) is 18.4 Å². The van der Waals surface area contributed by atoms with E-state index < -0.39 is 16.1 Å². The minimum absolute atomic E-state index is 0.252. The average Bonchev–Trinajstić information content (AvgIpc) is 2.49. The van der Waals surface area contributed by atoms with Crippen LogP contribution in [0.25, 0.3) is 10.8 Å². The number of sulfonamides is 1. The predicted octanol–water partition coefficient (Wildman–Crippen LogP) is 1.35. The van der Waals surface area contributed by atoms with E-state index in [0.29, 0.717) is 18.5 Å². The van der Waals surface area contributed by atoms with Crippen LogP contribution in [-0.4, -0.2) is 37.8 Å². The minimum Gasteiger partial charge on any atom is -0.353 e. The van der Waals surface area contributed by atoms with Crippen molar-refractivity contribution in [3.8, 4) is 0 Å². The highest BCUT2D eigenvalue weighted by Crippen LogP contribution is 2.27. The number of fused-ring (bicyclic) bond motifs is 1. The SMILES string of the molecule is CC1C(=O)NCCN1S(=O)(=O)c1cccc2ccccc12. The van der Waals surface area contributed by atoms with Crippen molar-refractivity contribution in [2.45, 2.75) is 17.9 Å². The first-order valence-electron chi connectivity index (χ1n) is 6.79. The first-order valence-corrected chi connectivity index (χ1v) is 8.23. The summed E-state index contributed by atoms with van der Waals surface area (Å²) in [6, 6.07) is 11.9. The predicted molar refractivity (Wildman–Crippen MR) is 80.3 cm³/mol. The lowest BCUT2D eigenvalue weighted by Gasteiger charge is -2.32. The second kappa shape index (κ2) is 5.13. The van der Waals surface area contributed by atoms with E-state index in [1.807, 2.05) is 24.3 Å². The van der Waals surface area contributed by atoms with Crippen molar-refractivity contribution in [2.75, 3.05) is 13.1 Å². The Kier molecular flexibility index (Phi) is 3.43. The van der Waals surface area contributed by atoms with Gasteiger partial charge in [0.05, 0.1) is 4.90 Å². The number of hydrogen-bond acceptors (Lipinski definition) is 3. The van der Waals surface area contributed by atoms with E-state index in [2.05, 4.69) is 5.32 Å². The smallest absolute Gasteiger partial charge is 0.244 e. The molecule has 0 bridgehead atoms. The fraction of sp³-hybridized carbons (Fsp3) is 0.267. The molecule has 6 heteroatoms. The molecule has 0 aliphatic carbocycles. The molecular formula is C15H16N2O3S. The van der Waals surface area contributed by atoms with Crippen LogP contribution < -0.4 is 5.32 Å². The van der Waals surface area contributed by atoms with Gasteiger partial charge in [-0.25, -0.2) is 8.42 Å². The van der Waals surface area contributed by atoms with Gasteiger partial charge in [-0.15, -0.1) is 0 Å². The molecule has 0 aromatic heterocycles. The third-order valence-corrected chi connectivity index (χ3v) is 5.81. The summed E-state index contributed by atoms with van der Waals surface area (Å²) in [5.74, 6) is -0.259. The summed E-state index contributed by atoms with van der Waals surface area (Å²) in [5, 5.41) is 4.22. The zero-order chi connectivity index (χ0) is 15.0. The maximum Gasteiger partial charge on any atom is 0.244 e. The van der Waals surface area contributed by atoms with E-state index in [1.165, 1.54) is 4.31 Å². The first kappa shape index (κ1) is 14.0. The van der Waals surface area contributed by atoms with Crippen molar-refractivity contribution in [1.82, 2.24) is 9.62 Å². The van der Waals surface area contributed by atoms with Crippen molar-refractivity contribution >= 4 is 26.7 Å². The van der Waals surface area contributed by atoms with Crippen molar-refractivity contribution in [3.05, 3.63) is 42.5 Å². The molecule has 1 unspecified atom stereocenters. The summed E-state index contributed by atoms with van der Waals surface area (Å²) in [7, 11) is -3.70. The second-order valence-electron chi connectivity index (χ2n) is 5.06. The fourth-order valence-corrected chi connectivity index (χ4v) is 4.45. The standard InChI is InChI=1S/C15H16N2O3S/c1-11-15(18)16-9-10-17(11)21(19,20)14-8-4-6-12-5-2-3-7-13(12)14/h2-8,11H,9-10H2,1H3,(H,16,18). The Balaban J connectivity index is 2.14. The number of hydrogen-bond donors (Lipinski definition) is 1. The summed E-state index contributed by atoms with van der Waals surface area (Å²) in [5.41, 5.74) is 0. The highest BCUT2D eigenvalue weighted by atomic mass is 32.2. The number of carbonyl (C=O) groups excluding carboxylic acids is 1. The van der Waals surface area contributed by atoms with E-state index in [-0.39, 0.29) is 10.8 Å². The van der Waals surface area contributed by atoms with Crippen LogP contribution in [0, 0.1) is 0 Å². The minimum atomic E-state index is -3.70. The fourth-order valence-electron chi connectivity index (χ4n) is 2.64. The molecule has 2 aromatic carbocycles. The quantitative estimate of drug-likeness (QED) is 0.910. The second-order valence-corrected chi connectivity index (χ2v) is 6.92. The van der Waals surface area contributed by atoms with Gasteiger partial charge in [0.25, 0.3) is 0 Å². The van der Waals surface area contributed by atoms with Crippen molar-refractivity contribution in [3.63, 3.8) is 0 Å². The Hall–Kier alpha value is -1.92. The number of benzene rings is 2. The summed E-state index contributed by atoms with van der Waals surface area (Å²) in [6.07, 6.45) is 0. The zero-order valence-corrected chi connectivity index (χ0v) is 12.4. The Labute approximate surface area is 123 Å². The van der Waals surface area contributed by atoms with Gasteiger partial charge in [0.2, 0.25) is 15.9 Å². The van der Waals surface area contributed by atoms with Gasteiger partial charge in [0.1, 0.15) is 6.04 Å². The van der Waals surface area contributed by atoms with Gasteiger partial charge in [-0.3, -0.25) is 4.79 Å². The van der Waals surface area contributed by atoms with Gasteiger partial charge in [0.15, 0.2) is 0 Å². The van der Waals surface area contributed by atoms with Crippen LogP contribution in [0.1, 0.15) is 6.92 Å². The summed E-state index contributed by atoms with van der Waals surface area (Å²) in [4.78, 5) is 12.0. The number of nitrogens with one attached hydrogen (secondary N) is 1. The van der Waals surface area contributed by atoms with Crippen LogP contribution in [0.15, 0.2) is 47.4 Å². The number of rotatable bonds is 2. The van der Waals surface area contributed by atoms with Crippen LogP contribution in [0.2, 0.25) is 0 Å². The molecule has 1 saturated heterocycles. The van der Waals surface area contributed by atoms with Crippen molar-refractivity contribution in [1.29, 1.82) is 0 Å². The van der Waals surface area contributed by atoms with E-state index in [4.69, 9.17) is 0 Å². The lowest BCUT2D eigenvalue weighted by molar-refractivity contribution is -0.126. The third kappa shape index (κ3) is 2.30. The Morgan fingerprint density at radius 1 is 1.14 bits per heavy atom. The molecule has 110 valence electrons. The summed E-state index contributed by atoms with van der Waals surface area (Å²) < 4.78 is 27.1. The molecule has 0 spiro atoms. The number of piperazine rings is 1. The Morgan fingerprint density at radius 3 is 2.67 bits per heavy atom. The van der Waals surface area contributed by atoms with Crippen molar-refractivity contribution < 1.29 is 13.2 Å². The molecule has 0 saturated carbocycles. The number of carbonyl (C=O) groups is 1. The van der Waals surface area contributed by atoms with Crippen LogP contribution in [-0.2, 0) is 14.8 Å². The zero-order valence-electron chi connectivity index (χ0n) is 11.6. The van der Waals surface area contributed by atoms with Crippen LogP contribution in [0.5, 0.6) is 0 Å². The molecule has 1 amide bonds. The van der Waals surface area contributed by atoms with E-state index >= 15 is 0 Å². The molecule has 3 rings (SSSR count). The molecule has 1 aliphatic heterocycles. The Bertz CT molecular complexity index is 796. The normalized spacial score (nSPS) is 20.4. The molecule has 1 heterocycles. The van der Waals surface area contributed by atoms with Crippen LogP contribution >= 0.6 is 0 Å². The van der Waals surface area contributed by atoms with E-state index in [9.17, 15) is 13.2 Å². The Morgan fingerprint density at radius 2 is 1.86 bits per heavy atom. The lowest BCUT2D eigenvalue weighted by Crippen LogP contribution is -2.55. The third-order valence-electron chi connectivity index (χ3n) is 3.78. The van der Waals surface area contributed by atoms with E-state index in [0.717, 1.165) is 5.39 Å². The van der Waals surface area contributed by atoms with Gasteiger partial charge in [-0.1, -0.05) is 36.4 Å². The average molecular weight is 304 g/mol. The number of nitrogens with zero attached hydrogens (tertiary/aromatic N) is 1. The van der Waals surface area contributed by atoms with E-state index in [1.54, 1.807) is 25.1 Å². The molecular weight excluding hydrogens is 288 g/mol. The highest BCUT2D eigenvalue weighted by Gasteiger charge is 2.36. The molecule has 0 radical (unpaired) electrons.